The largest absolute Gasteiger partial charge is 0.306 e. The van der Waals surface area contributed by atoms with Gasteiger partial charge in [0, 0.05) is 6.04 Å². The fourth-order valence-electron chi connectivity index (χ4n) is 0.840. The first kappa shape index (κ1) is 10.6. The van der Waals surface area contributed by atoms with Gasteiger partial charge in [-0.1, -0.05) is 6.08 Å². The molecular formula is C8H15F2N. The smallest absolute Gasteiger partial charge is 0.253 e. The molecular weight excluding hydrogens is 148 g/mol. The van der Waals surface area contributed by atoms with Crippen LogP contribution in [-0.2, 0) is 0 Å². The maximum atomic E-state index is 11.9. The first-order valence-electron chi connectivity index (χ1n) is 3.73. The molecule has 0 aromatic carbocycles. The minimum Gasteiger partial charge on any atom is -0.306 e. The van der Waals surface area contributed by atoms with Crippen LogP contribution in [0.1, 0.15) is 20.3 Å². The Morgan fingerprint density at radius 1 is 1.45 bits per heavy atom. The molecule has 0 aliphatic heterocycles. The normalized spacial score (nSPS) is 16.5. The Morgan fingerprint density at radius 3 is 2.36 bits per heavy atom. The molecule has 1 nitrogen and oxygen atoms in total. The number of nitrogens with one attached hydrogen (secondary N) is 1. The Morgan fingerprint density at radius 2 is 2.00 bits per heavy atom. The van der Waals surface area contributed by atoms with Crippen molar-refractivity contribution < 1.29 is 8.78 Å². The van der Waals surface area contributed by atoms with E-state index in [1.54, 1.807) is 6.08 Å². The van der Waals surface area contributed by atoms with Gasteiger partial charge in [-0.25, -0.2) is 8.78 Å². The van der Waals surface area contributed by atoms with Crippen LogP contribution in [0, 0.1) is 0 Å². The first-order valence-corrected chi connectivity index (χ1v) is 3.73. The summed E-state index contributed by atoms with van der Waals surface area (Å²) in [6.07, 6.45) is 0.148. The third-order valence-electron chi connectivity index (χ3n) is 1.45. The maximum absolute atomic E-state index is 11.9. The highest BCUT2D eigenvalue weighted by Crippen LogP contribution is 2.02. The number of hydrogen-bond donors (Lipinski definition) is 1. The molecule has 0 fully saturated rings. The molecule has 0 aromatic heterocycles. The van der Waals surface area contributed by atoms with Gasteiger partial charge in [-0.05, 0) is 20.3 Å². The Balaban J connectivity index is 3.56. The number of hydrogen-bond acceptors (Lipinski definition) is 1. The van der Waals surface area contributed by atoms with Crippen molar-refractivity contribution in [3.63, 3.8) is 0 Å². The van der Waals surface area contributed by atoms with Crippen LogP contribution in [0.2, 0.25) is 0 Å². The second-order valence-corrected chi connectivity index (χ2v) is 2.72. The van der Waals surface area contributed by atoms with E-state index in [1.165, 1.54) is 6.92 Å². The molecule has 0 aliphatic carbocycles. The van der Waals surface area contributed by atoms with E-state index >= 15 is 0 Å². The molecule has 0 aromatic rings. The zero-order valence-electron chi connectivity index (χ0n) is 6.98. The Labute approximate surface area is 66.5 Å². The first-order chi connectivity index (χ1) is 5.07. The lowest BCUT2D eigenvalue weighted by Gasteiger charge is -2.17. The van der Waals surface area contributed by atoms with Crippen molar-refractivity contribution in [2.24, 2.45) is 0 Å². The van der Waals surface area contributed by atoms with Crippen LogP contribution >= 0.6 is 0 Å². The van der Waals surface area contributed by atoms with Gasteiger partial charge in [0.25, 0.3) is 6.43 Å². The van der Waals surface area contributed by atoms with Gasteiger partial charge in [0.1, 0.15) is 0 Å². The van der Waals surface area contributed by atoms with Crippen molar-refractivity contribution in [3.8, 4) is 0 Å². The Bertz CT molecular complexity index is 115. The average Bonchev–Trinajstić information content (AvgIpc) is 1.87. The van der Waals surface area contributed by atoms with Crippen LogP contribution in [0.5, 0.6) is 0 Å². The van der Waals surface area contributed by atoms with Crippen molar-refractivity contribution in [3.05, 3.63) is 12.7 Å². The van der Waals surface area contributed by atoms with Crippen molar-refractivity contribution in [2.45, 2.75) is 38.8 Å². The molecule has 1 N–H and O–H groups in total. The monoisotopic (exact) mass is 163 g/mol. The summed E-state index contributed by atoms with van der Waals surface area (Å²) >= 11 is 0. The minimum atomic E-state index is -2.29. The second kappa shape index (κ2) is 5.24. The molecule has 3 heteroatoms. The van der Waals surface area contributed by atoms with E-state index in [-0.39, 0.29) is 6.04 Å². The topological polar surface area (TPSA) is 12.0 Å². The summed E-state index contributed by atoms with van der Waals surface area (Å²) in [4.78, 5) is 0. The van der Waals surface area contributed by atoms with Crippen molar-refractivity contribution >= 4 is 0 Å². The lowest BCUT2D eigenvalue weighted by atomic mass is 10.2. The summed E-state index contributed by atoms with van der Waals surface area (Å²) in [5, 5.41) is 2.76. The molecule has 0 radical (unpaired) electrons. The van der Waals surface area contributed by atoms with E-state index in [4.69, 9.17) is 0 Å². The maximum Gasteiger partial charge on any atom is 0.253 e. The molecule has 11 heavy (non-hydrogen) atoms. The number of rotatable bonds is 5. The van der Waals surface area contributed by atoms with Crippen LogP contribution in [-0.4, -0.2) is 18.5 Å². The molecule has 2 atom stereocenters. The van der Waals surface area contributed by atoms with Gasteiger partial charge < -0.3 is 5.32 Å². The molecule has 2 unspecified atom stereocenters. The SMILES string of the molecule is C=CCC(C)NC(C)C(F)F. The van der Waals surface area contributed by atoms with Crippen LogP contribution in [0.3, 0.4) is 0 Å². The summed E-state index contributed by atoms with van der Waals surface area (Å²) in [5.41, 5.74) is 0. The Kier molecular flexibility index (Phi) is 5.03. The standard InChI is InChI=1S/C8H15F2N/c1-4-5-6(2)11-7(3)8(9)10/h4,6-8,11H,1,5H2,2-3H3. The summed E-state index contributed by atoms with van der Waals surface area (Å²) < 4.78 is 23.9. The molecule has 0 bridgehead atoms. The third kappa shape index (κ3) is 4.90. The zero-order valence-corrected chi connectivity index (χ0v) is 6.98. The average molecular weight is 163 g/mol. The zero-order chi connectivity index (χ0) is 8.85. The molecule has 0 saturated carbocycles. The van der Waals surface area contributed by atoms with E-state index < -0.39 is 12.5 Å². The molecule has 0 saturated heterocycles. The lowest BCUT2D eigenvalue weighted by Crippen LogP contribution is -2.38. The van der Waals surface area contributed by atoms with Gasteiger partial charge in [-0.15, -0.1) is 6.58 Å². The predicted molar refractivity (Wildman–Crippen MR) is 42.9 cm³/mol. The van der Waals surface area contributed by atoms with Crippen LogP contribution in [0.15, 0.2) is 12.7 Å². The van der Waals surface area contributed by atoms with Crippen LogP contribution < -0.4 is 5.32 Å². The number of alkyl halides is 2. The molecule has 0 aliphatic rings. The molecule has 0 amide bonds. The highest BCUT2D eigenvalue weighted by atomic mass is 19.3. The molecule has 0 rings (SSSR count). The van der Waals surface area contributed by atoms with E-state index in [0.717, 1.165) is 6.42 Å². The Hall–Kier alpha value is -0.440. The highest BCUT2D eigenvalue weighted by molar-refractivity contribution is 4.77. The van der Waals surface area contributed by atoms with Crippen molar-refractivity contribution in [2.75, 3.05) is 0 Å². The van der Waals surface area contributed by atoms with Crippen molar-refractivity contribution in [1.29, 1.82) is 0 Å². The summed E-state index contributed by atoms with van der Waals surface area (Å²) in [7, 11) is 0. The van der Waals surface area contributed by atoms with Gasteiger partial charge in [-0.3, -0.25) is 0 Å². The summed E-state index contributed by atoms with van der Waals surface area (Å²) in [5.74, 6) is 0. The summed E-state index contributed by atoms with van der Waals surface area (Å²) in [6.45, 7) is 6.86. The molecule has 66 valence electrons. The van der Waals surface area contributed by atoms with Gasteiger partial charge in [-0.2, -0.15) is 0 Å². The van der Waals surface area contributed by atoms with E-state index in [1.807, 2.05) is 6.92 Å². The lowest BCUT2D eigenvalue weighted by molar-refractivity contribution is 0.101. The highest BCUT2D eigenvalue weighted by Gasteiger charge is 2.15. The minimum absolute atomic E-state index is 0.0801. The molecule has 0 spiro atoms. The second-order valence-electron chi connectivity index (χ2n) is 2.72. The van der Waals surface area contributed by atoms with Crippen molar-refractivity contribution in [1.82, 2.24) is 5.32 Å². The van der Waals surface area contributed by atoms with E-state index in [0.29, 0.717) is 0 Å². The number of halogens is 2. The fourth-order valence-corrected chi connectivity index (χ4v) is 0.840. The van der Waals surface area contributed by atoms with E-state index in [2.05, 4.69) is 11.9 Å². The van der Waals surface area contributed by atoms with Gasteiger partial charge in [0.05, 0.1) is 6.04 Å². The predicted octanol–water partition coefficient (Wildman–Crippen LogP) is 2.19. The molecule has 0 heterocycles. The quantitative estimate of drug-likeness (QED) is 0.612. The summed E-state index contributed by atoms with van der Waals surface area (Å²) in [6, 6.07) is -0.651. The third-order valence-corrected chi connectivity index (χ3v) is 1.45. The van der Waals surface area contributed by atoms with E-state index in [9.17, 15) is 8.78 Å². The van der Waals surface area contributed by atoms with Crippen LogP contribution in [0.4, 0.5) is 8.78 Å². The van der Waals surface area contributed by atoms with Gasteiger partial charge >= 0.3 is 0 Å². The van der Waals surface area contributed by atoms with Gasteiger partial charge in [0.2, 0.25) is 0 Å². The van der Waals surface area contributed by atoms with Crippen LogP contribution in [0.25, 0.3) is 0 Å². The van der Waals surface area contributed by atoms with Gasteiger partial charge in [0.15, 0.2) is 0 Å². The fraction of sp³-hybridized carbons (Fsp3) is 0.750.